The molecule has 0 aliphatic carbocycles. The number of hydrogen-bond donors (Lipinski definition) is 1. The molecule has 8 heteroatoms. The average molecular weight is 344 g/mol. The largest absolute Gasteiger partial charge is 0.339 e. The van der Waals surface area contributed by atoms with Gasteiger partial charge in [-0.05, 0) is 11.5 Å². The van der Waals surface area contributed by atoms with Gasteiger partial charge in [-0.2, -0.15) is 8.42 Å². The summed E-state index contributed by atoms with van der Waals surface area (Å²) in [6.45, 7) is 0. The SMILES string of the molecule is Cn1cnc(S(=O)(=O)Nc2nc3c(ccc4ccccc43)s2)c1. The van der Waals surface area contributed by atoms with Crippen molar-refractivity contribution >= 4 is 47.5 Å². The highest BCUT2D eigenvalue weighted by Gasteiger charge is 2.19. The molecule has 4 aromatic rings. The van der Waals surface area contributed by atoms with E-state index in [0.717, 1.165) is 21.0 Å². The third-order valence-corrected chi connectivity index (χ3v) is 5.75. The number of rotatable bonds is 3. The molecule has 0 radical (unpaired) electrons. The Morgan fingerprint density at radius 1 is 1.17 bits per heavy atom. The van der Waals surface area contributed by atoms with E-state index in [-0.39, 0.29) is 5.03 Å². The number of fused-ring (bicyclic) bond motifs is 3. The Morgan fingerprint density at radius 2 is 2.00 bits per heavy atom. The molecule has 0 aliphatic rings. The number of hydrogen-bond acceptors (Lipinski definition) is 5. The summed E-state index contributed by atoms with van der Waals surface area (Å²) in [5, 5.41) is 2.39. The van der Waals surface area contributed by atoms with E-state index in [1.165, 1.54) is 23.9 Å². The van der Waals surface area contributed by atoms with E-state index in [4.69, 9.17) is 0 Å². The van der Waals surface area contributed by atoms with Crippen molar-refractivity contribution < 1.29 is 8.42 Å². The van der Waals surface area contributed by atoms with Crippen molar-refractivity contribution in [2.75, 3.05) is 4.72 Å². The third kappa shape index (κ3) is 2.45. The Balaban J connectivity index is 1.79. The van der Waals surface area contributed by atoms with Crippen LogP contribution in [0.2, 0.25) is 0 Å². The highest BCUT2D eigenvalue weighted by atomic mass is 32.2. The molecule has 23 heavy (non-hydrogen) atoms. The van der Waals surface area contributed by atoms with Gasteiger partial charge in [0, 0.05) is 18.6 Å². The zero-order chi connectivity index (χ0) is 16.0. The highest BCUT2D eigenvalue weighted by Crippen LogP contribution is 2.32. The number of sulfonamides is 1. The van der Waals surface area contributed by atoms with Crippen molar-refractivity contribution in [2.45, 2.75) is 5.03 Å². The summed E-state index contributed by atoms with van der Waals surface area (Å²) >= 11 is 1.30. The summed E-state index contributed by atoms with van der Waals surface area (Å²) in [5.41, 5.74) is 0.798. The number of benzene rings is 2. The van der Waals surface area contributed by atoms with Gasteiger partial charge in [0.1, 0.15) is 0 Å². The predicted octanol–water partition coefficient (Wildman–Crippen LogP) is 2.98. The first-order valence-corrected chi connectivity index (χ1v) is 9.12. The minimum absolute atomic E-state index is 0.0240. The summed E-state index contributed by atoms with van der Waals surface area (Å²) in [6.07, 6.45) is 2.89. The monoisotopic (exact) mass is 344 g/mol. The Kier molecular flexibility index (Phi) is 3.10. The quantitative estimate of drug-likeness (QED) is 0.620. The normalized spacial score (nSPS) is 12.0. The second kappa shape index (κ2) is 5.04. The van der Waals surface area contributed by atoms with Crippen LogP contribution in [0.3, 0.4) is 0 Å². The van der Waals surface area contributed by atoms with E-state index >= 15 is 0 Å². The molecular formula is C15H12N4O2S2. The van der Waals surface area contributed by atoms with Gasteiger partial charge in [-0.1, -0.05) is 41.7 Å². The molecule has 6 nitrogen and oxygen atoms in total. The van der Waals surface area contributed by atoms with Crippen LogP contribution < -0.4 is 4.72 Å². The predicted molar refractivity (Wildman–Crippen MR) is 91.1 cm³/mol. The molecule has 0 fully saturated rings. The van der Waals surface area contributed by atoms with Crippen molar-refractivity contribution in [3.05, 3.63) is 48.9 Å². The lowest BCUT2D eigenvalue weighted by Gasteiger charge is -2.00. The Labute approximate surface area is 136 Å². The lowest BCUT2D eigenvalue weighted by molar-refractivity contribution is 0.598. The molecule has 0 aliphatic heterocycles. The van der Waals surface area contributed by atoms with Gasteiger partial charge in [-0.25, -0.2) is 9.97 Å². The number of nitrogens with one attached hydrogen (secondary N) is 1. The minimum Gasteiger partial charge on any atom is -0.339 e. The first kappa shape index (κ1) is 14.2. The van der Waals surface area contributed by atoms with Gasteiger partial charge in [-0.3, -0.25) is 4.72 Å². The van der Waals surface area contributed by atoms with Gasteiger partial charge < -0.3 is 4.57 Å². The fourth-order valence-corrected chi connectivity index (χ4v) is 4.50. The maximum absolute atomic E-state index is 12.3. The molecule has 0 bridgehead atoms. The van der Waals surface area contributed by atoms with Crippen LogP contribution in [0.5, 0.6) is 0 Å². The summed E-state index contributed by atoms with van der Waals surface area (Å²) < 4.78 is 29.7. The maximum atomic E-state index is 12.3. The topological polar surface area (TPSA) is 76.9 Å². The third-order valence-electron chi connectivity index (χ3n) is 3.46. The van der Waals surface area contributed by atoms with Gasteiger partial charge in [0.15, 0.2) is 10.2 Å². The van der Waals surface area contributed by atoms with E-state index in [1.54, 1.807) is 11.6 Å². The van der Waals surface area contributed by atoms with Crippen LogP contribution >= 0.6 is 11.3 Å². The molecule has 116 valence electrons. The fourth-order valence-electron chi connectivity index (χ4n) is 2.40. The summed E-state index contributed by atoms with van der Waals surface area (Å²) in [4.78, 5) is 8.33. The minimum atomic E-state index is -3.73. The first-order valence-electron chi connectivity index (χ1n) is 6.82. The van der Waals surface area contributed by atoms with Crippen molar-refractivity contribution in [2.24, 2.45) is 7.05 Å². The van der Waals surface area contributed by atoms with E-state index < -0.39 is 10.0 Å². The van der Waals surface area contributed by atoms with Crippen LogP contribution in [0.15, 0.2) is 53.9 Å². The maximum Gasteiger partial charge on any atom is 0.282 e. The van der Waals surface area contributed by atoms with Crippen LogP contribution in [-0.4, -0.2) is 23.0 Å². The Hall–Kier alpha value is -2.45. The lowest BCUT2D eigenvalue weighted by atomic mass is 10.1. The molecule has 0 amide bonds. The molecule has 0 saturated heterocycles. The van der Waals surface area contributed by atoms with Gasteiger partial charge in [0.2, 0.25) is 0 Å². The van der Waals surface area contributed by atoms with E-state index in [1.807, 2.05) is 36.4 Å². The number of imidazole rings is 1. The van der Waals surface area contributed by atoms with Crippen molar-refractivity contribution in [3.63, 3.8) is 0 Å². The standard InChI is InChI=1S/C15H12N4O2S2/c1-19-8-13(16-9-19)23(20,21)18-15-17-14-11-5-3-2-4-10(11)6-7-12(14)22-15/h2-9H,1H3,(H,17,18). The molecule has 0 spiro atoms. The van der Waals surface area contributed by atoms with E-state index in [2.05, 4.69) is 14.7 Å². The van der Waals surface area contributed by atoms with Gasteiger partial charge in [0.05, 0.1) is 16.5 Å². The highest BCUT2D eigenvalue weighted by molar-refractivity contribution is 7.92. The molecule has 2 aromatic carbocycles. The molecule has 0 saturated carbocycles. The fraction of sp³-hybridized carbons (Fsp3) is 0.0667. The van der Waals surface area contributed by atoms with Gasteiger partial charge >= 0.3 is 0 Å². The van der Waals surface area contributed by atoms with Gasteiger partial charge in [0.25, 0.3) is 10.0 Å². The molecular weight excluding hydrogens is 332 g/mol. The van der Waals surface area contributed by atoms with Crippen LogP contribution in [0.1, 0.15) is 0 Å². The zero-order valence-corrected chi connectivity index (χ0v) is 13.7. The number of anilines is 1. The molecule has 1 N–H and O–H groups in total. The van der Waals surface area contributed by atoms with E-state index in [9.17, 15) is 8.42 Å². The van der Waals surface area contributed by atoms with Crippen LogP contribution in [0.4, 0.5) is 5.13 Å². The lowest BCUT2D eigenvalue weighted by Crippen LogP contribution is -2.13. The van der Waals surface area contributed by atoms with Crippen LogP contribution in [0.25, 0.3) is 21.0 Å². The number of aromatic nitrogens is 3. The second-order valence-corrected chi connectivity index (χ2v) is 7.80. The molecule has 2 heterocycles. The van der Waals surface area contributed by atoms with Crippen molar-refractivity contribution in [1.82, 2.24) is 14.5 Å². The summed E-state index contributed by atoms with van der Waals surface area (Å²) in [5.74, 6) is 0. The molecule has 0 unspecified atom stereocenters. The Bertz CT molecular complexity index is 1130. The van der Waals surface area contributed by atoms with Gasteiger partial charge in [-0.15, -0.1) is 0 Å². The smallest absolute Gasteiger partial charge is 0.282 e. The molecule has 2 aromatic heterocycles. The zero-order valence-electron chi connectivity index (χ0n) is 12.1. The molecule has 0 atom stereocenters. The Morgan fingerprint density at radius 3 is 2.78 bits per heavy atom. The first-order chi connectivity index (χ1) is 11.0. The molecule has 4 rings (SSSR count). The number of thiazole rings is 1. The van der Waals surface area contributed by atoms with E-state index in [0.29, 0.717) is 5.13 Å². The summed E-state index contributed by atoms with van der Waals surface area (Å²) in [7, 11) is -2.01. The van der Waals surface area contributed by atoms with Crippen molar-refractivity contribution in [1.29, 1.82) is 0 Å². The average Bonchev–Trinajstić information content (AvgIpc) is 3.13. The van der Waals surface area contributed by atoms with Crippen LogP contribution in [0, 0.1) is 0 Å². The van der Waals surface area contributed by atoms with Crippen molar-refractivity contribution in [3.8, 4) is 0 Å². The number of aryl methyl sites for hydroxylation is 1. The second-order valence-electron chi connectivity index (χ2n) is 5.14. The summed E-state index contributed by atoms with van der Waals surface area (Å²) in [6, 6.07) is 11.9. The van der Waals surface area contributed by atoms with Crippen LogP contribution in [-0.2, 0) is 17.1 Å². The number of nitrogens with zero attached hydrogens (tertiary/aromatic N) is 3.